The number of thioether (sulfide) groups is 1. The normalized spacial score (nSPS) is 16.4. The molecule has 0 N–H and O–H groups in total. The molecule has 2 heterocycles. The van der Waals surface area contributed by atoms with Gasteiger partial charge in [-0.15, -0.1) is 13.2 Å². The number of allylic oxidation sites excluding steroid dienone is 1. The van der Waals surface area contributed by atoms with Gasteiger partial charge in [-0.1, -0.05) is 30.0 Å². The van der Waals surface area contributed by atoms with Gasteiger partial charge in [-0.05, 0) is 58.8 Å². The van der Waals surface area contributed by atoms with Gasteiger partial charge in [0.05, 0.1) is 11.0 Å². The number of hydrogen-bond acceptors (Lipinski definition) is 5. The molecule has 0 fully saturated rings. The van der Waals surface area contributed by atoms with Crippen LogP contribution in [-0.4, -0.2) is 33.8 Å². The highest BCUT2D eigenvalue weighted by Gasteiger charge is 2.31. The maximum Gasteiger partial charge on any atom is 0.573 e. The summed E-state index contributed by atoms with van der Waals surface area (Å²) < 4.78 is 42.9. The van der Waals surface area contributed by atoms with E-state index in [2.05, 4.69) is 19.7 Å². The Balaban J connectivity index is 1.44. The minimum atomic E-state index is -4.72. The van der Waals surface area contributed by atoms with Crippen molar-refractivity contribution in [3.8, 4) is 11.4 Å². The molecule has 1 atom stereocenters. The van der Waals surface area contributed by atoms with E-state index >= 15 is 0 Å². The quantitative estimate of drug-likeness (QED) is 0.351. The van der Waals surface area contributed by atoms with Crippen LogP contribution in [0.5, 0.6) is 5.75 Å². The molecule has 1 aliphatic rings. The second-order valence-corrected chi connectivity index (χ2v) is 7.90. The summed E-state index contributed by atoms with van der Waals surface area (Å²) in [6.45, 7) is 0. The molecule has 0 spiro atoms. The summed E-state index contributed by atoms with van der Waals surface area (Å²) in [5.74, 6) is -0.265. The Morgan fingerprint density at radius 2 is 1.91 bits per heavy atom. The Hall–Kier alpha value is -3.59. The fourth-order valence-electron chi connectivity index (χ4n) is 3.46. The molecule has 5 nitrogen and oxygen atoms in total. The van der Waals surface area contributed by atoms with Crippen molar-refractivity contribution in [3.63, 3.8) is 0 Å². The van der Waals surface area contributed by atoms with Gasteiger partial charge in [-0.25, -0.2) is 4.98 Å². The Kier molecular flexibility index (Phi) is 5.18. The van der Waals surface area contributed by atoms with E-state index in [0.29, 0.717) is 5.69 Å². The summed E-state index contributed by atoms with van der Waals surface area (Å²) >= 11 is 1.54. The molecule has 0 amide bonds. The van der Waals surface area contributed by atoms with E-state index in [1.54, 1.807) is 30.9 Å². The first kappa shape index (κ1) is 20.3. The summed E-state index contributed by atoms with van der Waals surface area (Å²) in [7, 11) is 0. The zero-order valence-electron chi connectivity index (χ0n) is 16.4. The minimum Gasteiger partial charge on any atom is -0.406 e. The molecule has 32 heavy (non-hydrogen) atoms. The molecule has 1 unspecified atom stereocenters. The highest BCUT2D eigenvalue weighted by molar-refractivity contribution is 8.02. The van der Waals surface area contributed by atoms with Crippen LogP contribution in [0.25, 0.3) is 27.5 Å². The lowest BCUT2D eigenvalue weighted by Gasteiger charge is -2.10. The van der Waals surface area contributed by atoms with Crippen molar-refractivity contribution in [2.24, 2.45) is 9.98 Å². The van der Waals surface area contributed by atoms with Crippen molar-refractivity contribution in [1.82, 2.24) is 9.55 Å². The monoisotopic (exact) mass is 452 g/mol. The van der Waals surface area contributed by atoms with Crippen LogP contribution in [0.2, 0.25) is 0 Å². The van der Waals surface area contributed by atoms with Gasteiger partial charge in [0.15, 0.2) is 5.50 Å². The largest absolute Gasteiger partial charge is 0.573 e. The number of aliphatic imine (C=N–C) groups is 2. The fourth-order valence-corrected chi connectivity index (χ4v) is 4.03. The lowest BCUT2D eigenvalue weighted by atomic mass is 10.1. The molecule has 5 rings (SSSR count). The molecular weight excluding hydrogens is 437 g/mol. The van der Waals surface area contributed by atoms with E-state index in [0.717, 1.165) is 27.4 Å². The SMILES string of the molecule is FC(F)(F)Oc1ccc(-n2cnc3c4ccc(/C=N/C5N=CC=CS5)cc4ccc32)cc1. The summed E-state index contributed by atoms with van der Waals surface area (Å²) in [6, 6.07) is 15.6. The van der Waals surface area contributed by atoms with Gasteiger partial charge >= 0.3 is 6.36 Å². The molecule has 0 radical (unpaired) electrons. The number of rotatable bonds is 4. The van der Waals surface area contributed by atoms with E-state index in [4.69, 9.17) is 0 Å². The van der Waals surface area contributed by atoms with Gasteiger partial charge in [0.25, 0.3) is 0 Å². The maximum atomic E-state index is 12.4. The van der Waals surface area contributed by atoms with Gasteiger partial charge in [-0.2, -0.15) is 0 Å². The van der Waals surface area contributed by atoms with E-state index in [-0.39, 0.29) is 11.2 Å². The van der Waals surface area contributed by atoms with Gasteiger partial charge < -0.3 is 4.74 Å². The summed E-state index contributed by atoms with van der Waals surface area (Å²) in [5, 5.41) is 3.95. The first-order chi connectivity index (χ1) is 15.5. The highest BCUT2D eigenvalue weighted by Crippen LogP contribution is 2.29. The van der Waals surface area contributed by atoms with E-state index in [9.17, 15) is 13.2 Å². The van der Waals surface area contributed by atoms with Gasteiger partial charge in [0.1, 0.15) is 12.1 Å². The first-order valence-electron chi connectivity index (χ1n) is 9.59. The Labute approximate surface area is 185 Å². The van der Waals surface area contributed by atoms with Crippen molar-refractivity contribution in [3.05, 3.63) is 78.0 Å². The molecule has 0 saturated heterocycles. The predicted octanol–water partition coefficient (Wildman–Crippen LogP) is 6.11. The molecule has 0 saturated carbocycles. The zero-order chi connectivity index (χ0) is 22.1. The Morgan fingerprint density at radius 3 is 2.66 bits per heavy atom. The molecule has 0 aliphatic carbocycles. The van der Waals surface area contributed by atoms with Crippen molar-refractivity contribution < 1.29 is 17.9 Å². The van der Waals surface area contributed by atoms with Crippen LogP contribution in [0, 0.1) is 0 Å². The molecule has 4 aromatic rings. The molecule has 160 valence electrons. The molecular formula is C23H15F3N4OS. The van der Waals surface area contributed by atoms with Crippen LogP contribution in [0.15, 0.2) is 82.4 Å². The van der Waals surface area contributed by atoms with Crippen LogP contribution in [0.1, 0.15) is 5.56 Å². The number of fused-ring (bicyclic) bond motifs is 3. The number of hydrogen-bond donors (Lipinski definition) is 0. The van der Waals surface area contributed by atoms with Gasteiger partial charge in [0, 0.05) is 23.5 Å². The topological polar surface area (TPSA) is 51.8 Å². The Morgan fingerprint density at radius 1 is 1.06 bits per heavy atom. The van der Waals surface area contributed by atoms with Crippen molar-refractivity contribution in [2.75, 3.05) is 0 Å². The summed E-state index contributed by atoms with van der Waals surface area (Å²) in [5.41, 5.74) is 3.13. The third-order valence-corrected chi connectivity index (χ3v) is 5.64. The predicted molar refractivity (Wildman–Crippen MR) is 122 cm³/mol. The number of ether oxygens (including phenoxy) is 1. The third kappa shape index (κ3) is 4.24. The van der Waals surface area contributed by atoms with Crippen LogP contribution < -0.4 is 4.74 Å². The van der Waals surface area contributed by atoms with Crippen molar-refractivity contribution in [2.45, 2.75) is 11.9 Å². The number of imidazole rings is 1. The second kappa shape index (κ2) is 8.16. The number of halogens is 3. The zero-order valence-corrected chi connectivity index (χ0v) is 17.2. The number of aromatic nitrogens is 2. The smallest absolute Gasteiger partial charge is 0.406 e. The standard InChI is InChI=1S/C23H15F3N4OS/c24-23(25,26)31-18-6-4-17(5-7-18)30-14-29-21-19-8-2-15(12-16(19)3-9-20(21)30)13-28-22-27-10-1-11-32-22/h1-14,22H/b28-13+. The summed E-state index contributed by atoms with van der Waals surface area (Å²) in [4.78, 5) is 13.3. The highest BCUT2D eigenvalue weighted by atomic mass is 32.2. The van der Waals surface area contributed by atoms with E-state index < -0.39 is 6.36 Å². The molecule has 1 aliphatic heterocycles. The minimum absolute atomic E-state index is 0.165. The van der Waals surface area contributed by atoms with Crippen molar-refractivity contribution in [1.29, 1.82) is 0 Å². The number of alkyl halides is 3. The molecule has 9 heteroatoms. The van der Waals surface area contributed by atoms with Gasteiger partial charge in [-0.3, -0.25) is 14.6 Å². The van der Waals surface area contributed by atoms with Gasteiger partial charge in [0.2, 0.25) is 0 Å². The van der Waals surface area contributed by atoms with Crippen LogP contribution >= 0.6 is 11.8 Å². The molecule has 0 bridgehead atoms. The third-order valence-electron chi connectivity index (χ3n) is 4.83. The van der Waals surface area contributed by atoms with Crippen molar-refractivity contribution >= 4 is 46.0 Å². The molecule has 1 aromatic heterocycles. The Bertz CT molecular complexity index is 1370. The fraction of sp³-hybridized carbons (Fsp3) is 0.0870. The number of benzene rings is 3. The van der Waals surface area contributed by atoms with E-state index in [1.807, 2.05) is 46.4 Å². The average molecular weight is 452 g/mol. The summed E-state index contributed by atoms with van der Waals surface area (Å²) in [6.07, 6.45) is 2.36. The van der Waals surface area contributed by atoms with E-state index in [1.165, 1.54) is 23.9 Å². The maximum absolute atomic E-state index is 12.4. The lowest BCUT2D eigenvalue weighted by Crippen LogP contribution is -2.17. The number of nitrogens with zero attached hydrogens (tertiary/aromatic N) is 4. The average Bonchev–Trinajstić information content (AvgIpc) is 3.22. The first-order valence-corrected chi connectivity index (χ1v) is 10.5. The lowest BCUT2D eigenvalue weighted by molar-refractivity contribution is -0.274. The molecule has 3 aromatic carbocycles. The van der Waals surface area contributed by atoms with Crippen LogP contribution in [0.3, 0.4) is 0 Å². The second-order valence-electron chi connectivity index (χ2n) is 6.94. The van der Waals surface area contributed by atoms with Crippen LogP contribution in [0.4, 0.5) is 13.2 Å². The van der Waals surface area contributed by atoms with Crippen LogP contribution in [-0.2, 0) is 0 Å².